The average Bonchev–Trinajstić information content (AvgIpc) is 3.33. The third-order valence-corrected chi connectivity index (χ3v) is 5.67. The van der Waals surface area contributed by atoms with Crippen LogP contribution in [0.25, 0.3) is 0 Å². The van der Waals surface area contributed by atoms with Gasteiger partial charge >= 0.3 is 0 Å². The third kappa shape index (κ3) is 2.96. The van der Waals surface area contributed by atoms with Gasteiger partial charge in [-0.3, -0.25) is 4.79 Å². The Bertz CT molecular complexity index is 541. The monoisotopic (exact) mass is 306 g/mol. The van der Waals surface area contributed by atoms with Gasteiger partial charge < -0.3 is 10.6 Å². The maximum atomic E-state index is 12.5. The number of nitrogens with zero attached hydrogens (tertiary/aromatic N) is 1. The maximum Gasteiger partial charge on any atom is 0.178 e. The molecule has 116 valence electrons. The van der Waals surface area contributed by atoms with Crippen LogP contribution < -0.4 is 10.6 Å². The Balaban J connectivity index is 1.97. The molecule has 2 saturated carbocycles. The van der Waals surface area contributed by atoms with E-state index in [4.69, 9.17) is 5.73 Å². The molecule has 0 unspecified atom stereocenters. The Hall–Kier alpha value is -1.03. The summed E-state index contributed by atoms with van der Waals surface area (Å²) in [7, 11) is 0. The minimum absolute atomic E-state index is 0.256. The Morgan fingerprint density at radius 3 is 2.48 bits per heavy atom. The molecule has 0 atom stereocenters. The Labute approximate surface area is 131 Å². The van der Waals surface area contributed by atoms with Crippen molar-refractivity contribution >= 4 is 27.8 Å². The molecule has 0 saturated heterocycles. The molecule has 3 nitrogen and oxygen atoms in total. The summed E-state index contributed by atoms with van der Waals surface area (Å²) in [5, 5.41) is 1.27. The summed E-state index contributed by atoms with van der Waals surface area (Å²) in [4.78, 5) is 15.7. The van der Waals surface area contributed by atoms with Crippen LogP contribution in [0.5, 0.6) is 0 Å². The lowest BCUT2D eigenvalue weighted by Gasteiger charge is -2.25. The molecule has 0 amide bonds. The highest BCUT2D eigenvalue weighted by Gasteiger charge is 2.38. The summed E-state index contributed by atoms with van der Waals surface area (Å²) < 4.78 is 0. The van der Waals surface area contributed by atoms with E-state index in [-0.39, 0.29) is 5.92 Å². The number of ketones is 1. The molecular weight excluding hydrogens is 280 g/mol. The standard InChI is InChI=1S/C17H26N2OS/c1-4-19(9-10(2)3)17-13(11-5-6-11)14(18)16(21-17)15(20)12-7-8-12/h10-12H,4-9,18H2,1-3H3. The normalized spacial score (nSPS) is 18.3. The van der Waals surface area contributed by atoms with Crippen LogP contribution in [0.4, 0.5) is 10.7 Å². The first-order valence-corrected chi connectivity index (χ1v) is 9.05. The number of anilines is 2. The van der Waals surface area contributed by atoms with E-state index >= 15 is 0 Å². The molecule has 1 aromatic heterocycles. The Morgan fingerprint density at radius 2 is 2.00 bits per heavy atom. The molecule has 21 heavy (non-hydrogen) atoms. The highest BCUT2D eigenvalue weighted by atomic mass is 32.1. The largest absolute Gasteiger partial charge is 0.397 e. The van der Waals surface area contributed by atoms with Gasteiger partial charge in [0.15, 0.2) is 5.78 Å². The van der Waals surface area contributed by atoms with Crippen LogP contribution in [0.3, 0.4) is 0 Å². The van der Waals surface area contributed by atoms with E-state index in [0.717, 1.165) is 36.5 Å². The van der Waals surface area contributed by atoms with Crippen LogP contribution in [0.15, 0.2) is 0 Å². The first kappa shape index (κ1) is 14.9. The number of carbonyl (C=O) groups is 1. The average molecular weight is 306 g/mol. The summed E-state index contributed by atoms with van der Waals surface area (Å²) in [5.41, 5.74) is 8.48. The van der Waals surface area contributed by atoms with Gasteiger partial charge in [-0.1, -0.05) is 13.8 Å². The van der Waals surface area contributed by atoms with Crippen molar-refractivity contribution in [1.82, 2.24) is 0 Å². The number of hydrogen-bond donors (Lipinski definition) is 1. The van der Waals surface area contributed by atoms with Crippen molar-refractivity contribution in [2.24, 2.45) is 11.8 Å². The highest BCUT2D eigenvalue weighted by Crippen LogP contribution is 2.53. The fourth-order valence-electron chi connectivity index (χ4n) is 2.96. The molecule has 2 aliphatic carbocycles. The van der Waals surface area contributed by atoms with Crippen molar-refractivity contribution in [2.45, 2.75) is 52.4 Å². The molecule has 2 fully saturated rings. The van der Waals surface area contributed by atoms with E-state index in [0.29, 0.717) is 17.6 Å². The van der Waals surface area contributed by atoms with E-state index in [2.05, 4.69) is 25.7 Å². The van der Waals surface area contributed by atoms with E-state index in [1.165, 1.54) is 23.4 Å². The molecule has 0 aliphatic heterocycles. The van der Waals surface area contributed by atoms with E-state index in [9.17, 15) is 4.79 Å². The second kappa shape index (κ2) is 5.64. The molecule has 0 spiro atoms. The Morgan fingerprint density at radius 1 is 1.33 bits per heavy atom. The molecule has 3 rings (SSSR count). The number of nitrogens with two attached hydrogens (primary N) is 1. The predicted molar refractivity (Wildman–Crippen MR) is 90.5 cm³/mol. The lowest BCUT2D eigenvalue weighted by molar-refractivity contribution is 0.0972. The van der Waals surface area contributed by atoms with Gasteiger partial charge in [0.05, 0.1) is 15.6 Å². The van der Waals surface area contributed by atoms with Crippen LogP contribution in [0.2, 0.25) is 0 Å². The summed E-state index contributed by atoms with van der Waals surface area (Å²) in [5.74, 6) is 1.76. The minimum atomic E-state index is 0.256. The van der Waals surface area contributed by atoms with E-state index in [1.807, 2.05) is 0 Å². The van der Waals surface area contributed by atoms with Gasteiger partial charge in [0.1, 0.15) is 0 Å². The summed E-state index contributed by atoms with van der Waals surface area (Å²) in [6.07, 6.45) is 4.55. The first-order valence-electron chi connectivity index (χ1n) is 8.24. The molecule has 0 aromatic carbocycles. The molecule has 4 heteroatoms. The van der Waals surface area contributed by atoms with Crippen molar-refractivity contribution < 1.29 is 4.79 Å². The molecule has 0 radical (unpaired) electrons. The first-order chi connectivity index (χ1) is 10.0. The zero-order valence-corrected chi connectivity index (χ0v) is 14.1. The lowest BCUT2D eigenvalue weighted by Crippen LogP contribution is -2.27. The zero-order valence-electron chi connectivity index (χ0n) is 13.3. The second-order valence-corrected chi connectivity index (χ2v) is 7.91. The highest BCUT2D eigenvalue weighted by molar-refractivity contribution is 7.19. The SMILES string of the molecule is CCN(CC(C)C)c1sc(C(=O)C2CC2)c(N)c1C1CC1. The molecule has 1 heterocycles. The van der Waals surface area contributed by atoms with Crippen LogP contribution in [-0.4, -0.2) is 18.9 Å². The smallest absolute Gasteiger partial charge is 0.178 e. The van der Waals surface area contributed by atoms with Gasteiger partial charge in [-0.2, -0.15) is 0 Å². The predicted octanol–water partition coefficient (Wildman–Crippen LogP) is 4.28. The molecule has 2 N–H and O–H groups in total. The van der Waals surface area contributed by atoms with Gasteiger partial charge in [-0.25, -0.2) is 0 Å². The number of hydrogen-bond acceptors (Lipinski definition) is 4. The number of thiophene rings is 1. The quantitative estimate of drug-likeness (QED) is 0.765. The van der Waals surface area contributed by atoms with Crippen molar-refractivity contribution in [3.63, 3.8) is 0 Å². The summed E-state index contributed by atoms with van der Waals surface area (Å²) in [6.45, 7) is 8.69. The van der Waals surface area contributed by atoms with E-state index in [1.54, 1.807) is 11.3 Å². The van der Waals surface area contributed by atoms with Gasteiger partial charge in [-0.05, 0) is 44.4 Å². The molecule has 2 aliphatic rings. The summed E-state index contributed by atoms with van der Waals surface area (Å²) in [6, 6.07) is 0. The number of Topliss-reactive ketones (excluding diaryl/α,β-unsaturated/α-hetero) is 1. The van der Waals surface area contributed by atoms with Crippen LogP contribution in [0.1, 0.15) is 67.6 Å². The maximum absolute atomic E-state index is 12.5. The van der Waals surface area contributed by atoms with Gasteiger partial charge in [-0.15, -0.1) is 11.3 Å². The van der Waals surface area contributed by atoms with Crippen molar-refractivity contribution in [2.75, 3.05) is 23.7 Å². The lowest BCUT2D eigenvalue weighted by atomic mass is 10.1. The molecular formula is C17H26N2OS. The van der Waals surface area contributed by atoms with Crippen molar-refractivity contribution in [3.8, 4) is 0 Å². The van der Waals surface area contributed by atoms with Gasteiger partial charge in [0, 0.05) is 24.6 Å². The number of nitrogen functional groups attached to an aromatic ring is 1. The molecule has 0 bridgehead atoms. The van der Waals surface area contributed by atoms with Gasteiger partial charge in [0.25, 0.3) is 0 Å². The van der Waals surface area contributed by atoms with Crippen LogP contribution in [0, 0.1) is 11.8 Å². The van der Waals surface area contributed by atoms with Gasteiger partial charge in [0.2, 0.25) is 0 Å². The van der Waals surface area contributed by atoms with E-state index < -0.39 is 0 Å². The fourth-order valence-corrected chi connectivity index (χ4v) is 4.36. The van der Waals surface area contributed by atoms with Crippen LogP contribution >= 0.6 is 11.3 Å². The fraction of sp³-hybridized carbons (Fsp3) is 0.706. The zero-order chi connectivity index (χ0) is 15.1. The second-order valence-electron chi connectivity index (χ2n) is 6.91. The van der Waals surface area contributed by atoms with Crippen molar-refractivity contribution in [1.29, 1.82) is 0 Å². The molecule has 1 aromatic rings. The minimum Gasteiger partial charge on any atom is -0.397 e. The topological polar surface area (TPSA) is 46.3 Å². The van der Waals surface area contributed by atoms with Crippen molar-refractivity contribution in [3.05, 3.63) is 10.4 Å². The van der Waals surface area contributed by atoms with Crippen LogP contribution in [-0.2, 0) is 0 Å². The third-order valence-electron chi connectivity index (χ3n) is 4.38. The number of carbonyl (C=O) groups excluding carboxylic acids is 1. The Kier molecular flexibility index (Phi) is 4.00. The number of rotatable bonds is 7. The summed E-state index contributed by atoms with van der Waals surface area (Å²) >= 11 is 1.66.